The summed E-state index contributed by atoms with van der Waals surface area (Å²) in [6, 6.07) is 5.94. The lowest BCUT2D eigenvalue weighted by atomic mass is 10.2. The van der Waals surface area contributed by atoms with E-state index in [1.165, 1.54) is 12.1 Å². The molecule has 86 valence electrons. The zero-order valence-corrected chi connectivity index (χ0v) is 8.95. The highest BCUT2D eigenvalue weighted by Gasteiger charge is 2.02. The minimum atomic E-state index is -0.560. The Morgan fingerprint density at radius 2 is 2.12 bits per heavy atom. The molecule has 0 aliphatic heterocycles. The maximum atomic E-state index is 13.1. The fourth-order valence-corrected chi connectivity index (χ4v) is 1.26. The molecule has 0 fully saturated rings. The summed E-state index contributed by atoms with van der Waals surface area (Å²) in [5, 5.41) is 17.1. The Bertz CT molecular complexity index is 374. The summed E-state index contributed by atoms with van der Waals surface area (Å²) in [6.45, 7) is 0.677. The summed E-state index contributed by atoms with van der Waals surface area (Å²) in [6.07, 6.45) is 2.46. The van der Waals surface area contributed by atoms with Gasteiger partial charge in [0.15, 0.2) is 0 Å². The van der Waals surface area contributed by atoms with E-state index in [4.69, 9.17) is 15.1 Å². The van der Waals surface area contributed by atoms with E-state index in [2.05, 4.69) is 0 Å². The number of nitriles is 1. The van der Waals surface area contributed by atoms with Crippen LogP contribution in [0.5, 0.6) is 5.75 Å². The number of aliphatic hydroxyl groups excluding tert-OH is 1. The van der Waals surface area contributed by atoms with E-state index < -0.39 is 5.82 Å². The maximum absolute atomic E-state index is 13.1. The molecule has 1 rings (SSSR count). The number of rotatable bonds is 6. The first-order valence-corrected chi connectivity index (χ1v) is 5.21. The Kier molecular flexibility index (Phi) is 5.30. The van der Waals surface area contributed by atoms with Crippen LogP contribution in [-0.2, 0) is 0 Å². The largest absolute Gasteiger partial charge is 0.493 e. The minimum Gasteiger partial charge on any atom is -0.493 e. The second-order valence-electron chi connectivity index (χ2n) is 3.39. The van der Waals surface area contributed by atoms with E-state index in [9.17, 15) is 4.39 Å². The van der Waals surface area contributed by atoms with E-state index in [-0.39, 0.29) is 12.2 Å². The molecular weight excluding hydrogens is 209 g/mol. The van der Waals surface area contributed by atoms with Crippen LogP contribution in [0.25, 0.3) is 0 Å². The number of hydrogen-bond acceptors (Lipinski definition) is 3. The van der Waals surface area contributed by atoms with E-state index in [1.54, 1.807) is 12.1 Å². The lowest BCUT2D eigenvalue weighted by molar-refractivity contribution is 0.265. The smallest absolute Gasteiger partial charge is 0.144 e. The molecule has 0 aromatic heterocycles. The summed E-state index contributed by atoms with van der Waals surface area (Å²) in [7, 11) is 0. The second kappa shape index (κ2) is 6.81. The van der Waals surface area contributed by atoms with Gasteiger partial charge in [0.1, 0.15) is 17.6 Å². The fraction of sp³-hybridized carbons (Fsp3) is 0.417. The molecule has 0 saturated heterocycles. The Labute approximate surface area is 94.1 Å². The molecule has 0 spiro atoms. The van der Waals surface area contributed by atoms with Crippen LogP contribution >= 0.6 is 0 Å². The second-order valence-corrected chi connectivity index (χ2v) is 3.39. The van der Waals surface area contributed by atoms with Gasteiger partial charge in [0.2, 0.25) is 0 Å². The Balaban J connectivity index is 2.38. The first-order valence-electron chi connectivity index (χ1n) is 5.21. The highest BCUT2D eigenvalue weighted by atomic mass is 19.1. The molecular formula is C12H14FNO2. The quantitative estimate of drug-likeness (QED) is 0.752. The van der Waals surface area contributed by atoms with Crippen molar-refractivity contribution in [3.63, 3.8) is 0 Å². The molecule has 0 aliphatic rings. The lowest BCUT2D eigenvalue weighted by Crippen LogP contribution is -1.98. The van der Waals surface area contributed by atoms with Crippen molar-refractivity contribution in [3.05, 3.63) is 29.6 Å². The van der Waals surface area contributed by atoms with E-state index in [0.29, 0.717) is 12.4 Å². The van der Waals surface area contributed by atoms with Crippen molar-refractivity contribution in [3.8, 4) is 11.8 Å². The maximum Gasteiger partial charge on any atom is 0.144 e. The average Bonchev–Trinajstić information content (AvgIpc) is 2.29. The van der Waals surface area contributed by atoms with E-state index in [1.807, 2.05) is 0 Å². The predicted octanol–water partition coefficient (Wildman–Crippen LogP) is 2.24. The van der Waals surface area contributed by atoms with Crippen LogP contribution in [0, 0.1) is 17.1 Å². The van der Waals surface area contributed by atoms with Crippen molar-refractivity contribution in [1.29, 1.82) is 5.26 Å². The zero-order chi connectivity index (χ0) is 11.8. The molecule has 0 unspecified atom stereocenters. The van der Waals surface area contributed by atoms with Crippen molar-refractivity contribution in [2.45, 2.75) is 19.3 Å². The third-order valence-corrected chi connectivity index (χ3v) is 2.13. The molecule has 0 saturated carbocycles. The van der Waals surface area contributed by atoms with Gasteiger partial charge in [0.05, 0.1) is 12.2 Å². The average molecular weight is 223 g/mol. The molecule has 0 atom stereocenters. The minimum absolute atomic E-state index is 0.0210. The SMILES string of the molecule is N#Cc1ccc(OCCCCCO)cc1F. The van der Waals surface area contributed by atoms with Gasteiger partial charge >= 0.3 is 0 Å². The van der Waals surface area contributed by atoms with Crippen LogP contribution in [0.1, 0.15) is 24.8 Å². The molecule has 1 aromatic carbocycles. The number of ether oxygens (including phenoxy) is 1. The molecule has 1 N–H and O–H groups in total. The van der Waals surface area contributed by atoms with Crippen molar-refractivity contribution in [2.24, 2.45) is 0 Å². The van der Waals surface area contributed by atoms with E-state index in [0.717, 1.165) is 19.3 Å². The Hall–Kier alpha value is -1.60. The van der Waals surface area contributed by atoms with Gasteiger partial charge in [-0.3, -0.25) is 0 Å². The number of hydrogen-bond donors (Lipinski definition) is 1. The summed E-state index contributed by atoms with van der Waals surface area (Å²) in [5.41, 5.74) is 0.0210. The summed E-state index contributed by atoms with van der Waals surface area (Å²) < 4.78 is 18.4. The van der Waals surface area contributed by atoms with Crippen LogP contribution in [0.15, 0.2) is 18.2 Å². The zero-order valence-electron chi connectivity index (χ0n) is 8.95. The van der Waals surface area contributed by atoms with Crippen LogP contribution in [0.4, 0.5) is 4.39 Å². The molecule has 0 amide bonds. The molecule has 0 aliphatic carbocycles. The fourth-order valence-electron chi connectivity index (χ4n) is 1.26. The van der Waals surface area contributed by atoms with Gasteiger partial charge in [-0.05, 0) is 31.4 Å². The van der Waals surface area contributed by atoms with Gasteiger partial charge in [0.25, 0.3) is 0 Å². The molecule has 4 heteroatoms. The van der Waals surface area contributed by atoms with Crippen LogP contribution in [-0.4, -0.2) is 18.3 Å². The third-order valence-electron chi connectivity index (χ3n) is 2.13. The number of aliphatic hydroxyl groups is 1. The van der Waals surface area contributed by atoms with Crippen molar-refractivity contribution in [2.75, 3.05) is 13.2 Å². The van der Waals surface area contributed by atoms with Gasteiger partial charge in [0, 0.05) is 12.7 Å². The third kappa shape index (κ3) is 3.87. The standard InChI is InChI=1S/C12H14FNO2/c13-12-8-11(5-4-10(12)9-14)16-7-3-1-2-6-15/h4-5,8,15H,1-3,6-7H2. The summed E-state index contributed by atoms with van der Waals surface area (Å²) >= 11 is 0. The van der Waals surface area contributed by atoms with Gasteiger partial charge in [-0.2, -0.15) is 5.26 Å². The molecule has 0 heterocycles. The van der Waals surface area contributed by atoms with Crippen molar-refractivity contribution >= 4 is 0 Å². The molecule has 0 bridgehead atoms. The van der Waals surface area contributed by atoms with Gasteiger partial charge in [-0.25, -0.2) is 4.39 Å². The predicted molar refractivity (Wildman–Crippen MR) is 57.5 cm³/mol. The topological polar surface area (TPSA) is 53.2 Å². The van der Waals surface area contributed by atoms with Gasteiger partial charge in [-0.1, -0.05) is 0 Å². The van der Waals surface area contributed by atoms with Crippen LogP contribution < -0.4 is 4.74 Å². The number of nitrogens with zero attached hydrogens (tertiary/aromatic N) is 1. The number of unbranched alkanes of at least 4 members (excludes halogenated alkanes) is 2. The normalized spacial score (nSPS) is 9.81. The van der Waals surface area contributed by atoms with Gasteiger partial charge < -0.3 is 9.84 Å². The number of halogens is 1. The highest BCUT2D eigenvalue weighted by Crippen LogP contribution is 2.16. The lowest BCUT2D eigenvalue weighted by Gasteiger charge is -2.05. The van der Waals surface area contributed by atoms with Crippen molar-refractivity contribution < 1.29 is 14.2 Å². The van der Waals surface area contributed by atoms with Crippen LogP contribution in [0.3, 0.4) is 0 Å². The first kappa shape index (κ1) is 12.5. The Morgan fingerprint density at radius 3 is 2.75 bits per heavy atom. The first-order chi connectivity index (χ1) is 7.77. The molecule has 3 nitrogen and oxygen atoms in total. The van der Waals surface area contributed by atoms with Crippen LogP contribution in [0.2, 0.25) is 0 Å². The summed E-state index contributed by atoms with van der Waals surface area (Å²) in [5.74, 6) is -0.129. The monoisotopic (exact) mass is 223 g/mol. The highest BCUT2D eigenvalue weighted by molar-refractivity contribution is 5.36. The van der Waals surface area contributed by atoms with Crippen molar-refractivity contribution in [1.82, 2.24) is 0 Å². The van der Waals surface area contributed by atoms with Gasteiger partial charge in [-0.15, -0.1) is 0 Å². The molecule has 16 heavy (non-hydrogen) atoms. The molecule has 1 aromatic rings. The molecule has 0 radical (unpaired) electrons. The van der Waals surface area contributed by atoms with E-state index >= 15 is 0 Å². The Morgan fingerprint density at radius 1 is 1.31 bits per heavy atom. The number of benzene rings is 1. The summed E-state index contributed by atoms with van der Waals surface area (Å²) in [4.78, 5) is 0.